The smallest absolute Gasteiger partial charge is 0.407 e. The van der Waals surface area contributed by atoms with E-state index in [9.17, 15) is 9.90 Å². The molecule has 4 nitrogen and oxygen atoms in total. The molecule has 2 atom stereocenters. The molecule has 19 heavy (non-hydrogen) atoms. The van der Waals surface area contributed by atoms with Gasteiger partial charge in [0.15, 0.2) is 0 Å². The van der Waals surface area contributed by atoms with Gasteiger partial charge in [-0.05, 0) is 41.9 Å². The molecule has 1 aromatic rings. The molecule has 0 radical (unpaired) electrons. The summed E-state index contributed by atoms with van der Waals surface area (Å²) in [5.41, 5.74) is 1.23. The van der Waals surface area contributed by atoms with Crippen molar-refractivity contribution < 1.29 is 9.90 Å². The summed E-state index contributed by atoms with van der Waals surface area (Å²) in [6.07, 6.45) is 4.60. The highest BCUT2D eigenvalue weighted by atomic mass is 16.4. The van der Waals surface area contributed by atoms with Crippen molar-refractivity contribution in [1.29, 1.82) is 0 Å². The molecule has 0 spiro atoms. The van der Waals surface area contributed by atoms with Crippen LogP contribution in [0.4, 0.5) is 4.79 Å². The maximum atomic E-state index is 11.4. The first-order valence-electron chi connectivity index (χ1n) is 6.79. The fourth-order valence-electron chi connectivity index (χ4n) is 2.95. The maximum absolute atomic E-state index is 11.4. The minimum absolute atomic E-state index is 0.0376. The van der Waals surface area contributed by atoms with E-state index >= 15 is 0 Å². The number of pyridine rings is 1. The van der Waals surface area contributed by atoms with Gasteiger partial charge in [-0.3, -0.25) is 4.98 Å². The Labute approximate surface area is 114 Å². The number of amides is 1. The van der Waals surface area contributed by atoms with Crippen molar-refractivity contribution >= 4 is 6.09 Å². The van der Waals surface area contributed by atoms with E-state index in [0.717, 1.165) is 12.8 Å². The zero-order valence-corrected chi connectivity index (χ0v) is 11.8. The lowest BCUT2D eigenvalue weighted by Gasteiger charge is -2.44. The van der Waals surface area contributed by atoms with Gasteiger partial charge in [0.05, 0.1) is 0 Å². The first kappa shape index (κ1) is 13.8. The number of aromatic nitrogens is 1. The molecular weight excluding hydrogens is 240 g/mol. The number of piperidine rings is 1. The van der Waals surface area contributed by atoms with Crippen LogP contribution in [0.5, 0.6) is 0 Å². The zero-order valence-electron chi connectivity index (χ0n) is 11.8. The Bertz CT molecular complexity index is 439. The number of carbonyl (C=O) groups is 1. The fourth-order valence-corrected chi connectivity index (χ4v) is 2.95. The molecule has 1 aromatic heterocycles. The third kappa shape index (κ3) is 3.06. The average Bonchev–Trinajstić information content (AvgIpc) is 2.38. The van der Waals surface area contributed by atoms with E-state index in [0.29, 0.717) is 12.5 Å². The van der Waals surface area contributed by atoms with Gasteiger partial charge in [-0.15, -0.1) is 0 Å². The highest BCUT2D eigenvalue weighted by molar-refractivity contribution is 5.65. The molecule has 2 heterocycles. The fraction of sp³-hybridized carbons (Fsp3) is 0.600. The lowest BCUT2D eigenvalue weighted by atomic mass is 9.75. The van der Waals surface area contributed by atoms with Crippen LogP contribution in [0.15, 0.2) is 24.5 Å². The summed E-state index contributed by atoms with van der Waals surface area (Å²) < 4.78 is 0. The Balaban J connectivity index is 2.20. The number of hydrogen-bond donors (Lipinski definition) is 1. The Kier molecular flexibility index (Phi) is 3.78. The van der Waals surface area contributed by atoms with Crippen LogP contribution < -0.4 is 0 Å². The maximum Gasteiger partial charge on any atom is 0.407 e. The molecule has 104 valence electrons. The predicted octanol–water partition coefficient (Wildman–Crippen LogP) is 3.35. The Morgan fingerprint density at radius 3 is 2.53 bits per heavy atom. The van der Waals surface area contributed by atoms with Crippen LogP contribution in [-0.4, -0.2) is 33.7 Å². The average molecular weight is 262 g/mol. The summed E-state index contributed by atoms with van der Waals surface area (Å²) in [6, 6.07) is 4.15. The second-order valence-electron chi connectivity index (χ2n) is 6.36. The van der Waals surface area contributed by atoms with E-state index in [4.69, 9.17) is 0 Å². The molecule has 1 saturated heterocycles. The molecule has 1 fully saturated rings. The molecule has 1 aliphatic rings. The molecule has 2 unspecified atom stereocenters. The Morgan fingerprint density at radius 1 is 1.37 bits per heavy atom. The number of rotatable bonds is 1. The van der Waals surface area contributed by atoms with Crippen molar-refractivity contribution in [3.63, 3.8) is 0 Å². The van der Waals surface area contributed by atoms with Crippen molar-refractivity contribution in [2.75, 3.05) is 6.54 Å². The quantitative estimate of drug-likeness (QED) is 0.844. The summed E-state index contributed by atoms with van der Waals surface area (Å²) in [5, 5.41) is 9.34. The van der Waals surface area contributed by atoms with Crippen LogP contribution >= 0.6 is 0 Å². The topological polar surface area (TPSA) is 53.4 Å². The second kappa shape index (κ2) is 5.19. The normalized spacial score (nSPS) is 24.3. The van der Waals surface area contributed by atoms with Gasteiger partial charge in [0, 0.05) is 25.0 Å². The predicted molar refractivity (Wildman–Crippen MR) is 74.2 cm³/mol. The van der Waals surface area contributed by atoms with Crippen LogP contribution in [0.1, 0.15) is 45.1 Å². The Morgan fingerprint density at radius 2 is 2.00 bits per heavy atom. The number of hydrogen-bond acceptors (Lipinski definition) is 2. The van der Waals surface area contributed by atoms with E-state index < -0.39 is 6.09 Å². The highest BCUT2D eigenvalue weighted by Gasteiger charge is 2.38. The van der Waals surface area contributed by atoms with Crippen LogP contribution in [0.25, 0.3) is 0 Å². The SMILES string of the molecule is CC(C)(C)C1CC(c2ccncc2)CCN1C(=O)O. The van der Waals surface area contributed by atoms with Crippen molar-refractivity contribution in [3.05, 3.63) is 30.1 Å². The number of carboxylic acid groups (broad SMARTS) is 1. The molecule has 0 aliphatic carbocycles. The standard InChI is InChI=1S/C15H22N2O2/c1-15(2,3)13-10-12(6-9-17(13)14(18)19)11-4-7-16-8-5-11/h4-5,7-8,12-13H,6,9-10H2,1-3H3,(H,18,19). The summed E-state index contributed by atoms with van der Waals surface area (Å²) in [7, 11) is 0. The monoisotopic (exact) mass is 262 g/mol. The number of nitrogens with zero attached hydrogens (tertiary/aromatic N) is 2. The van der Waals surface area contributed by atoms with Gasteiger partial charge in [-0.25, -0.2) is 4.79 Å². The van der Waals surface area contributed by atoms with E-state index in [1.165, 1.54) is 5.56 Å². The molecule has 0 saturated carbocycles. The molecule has 1 aliphatic heterocycles. The molecule has 0 aromatic carbocycles. The summed E-state index contributed by atoms with van der Waals surface area (Å²) in [5.74, 6) is 0.433. The van der Waals surface area contributed by atoms with Gasteiger partial charge in [0.2, 0.25) is 0 Å². The van der Waals surface area contributed by atoms with Crippen LogP contribution in [0, 0.1) is 5.41 Å². The van der Waals surface area contributed by atoms with E-state index in [1.54, 1.807) is 4.90 Å². The molecule has 1 amide bonds. The molecule has 2 rings (SSSR count). The second-order valence-corrected chi connectivity index (χ2v) is 6.36. The van der Waals surface area contributed by atoms with Gasteiger partial charge >= 0.3 is 6.09 Å². The molecule has 4 heteroatoms. The van der Waals surface area contributed by atoms with Gasteiger partial charge in [-0.2, -0.15) is 0 Å². The van der Waals surface area contributed by atoms with Gasteiger partial charge in [0.25, 0.3) is 0 Å². The first-order valence-corrected chi connectivity index (χ1v) is 6.79. The lowest BCUT2D eigenvalue weighted by molar-refractivity contribution is 0.0526. The summed E-state index contributed by atoms with van der Waals surface area (Å²) in [4.78, 5) is 17.0. The summed E-state index contributed by atoms with van der Waals surface area (Å²) in [6.45, 7) is 6.96. The van der Waals surface area contributed by atoms with Crippen molar-refractivity contribution in [3.8, 4) is 0 Å². The van der Waals surface area contributed by atoms with E-state index in [2.05, 4.69) is 25.8 Å². The van der Waals surface area contributed by atoms with Crippen molar-refractivity contribution in [2.45, 2.75) is 45.6 Å². The summed E-state index contributed by atoms with van der Waals surface area (Å²) >= 11 is 0. The first-order chi connectivity index (χ1) is 8.89. The molecular formula is C15H22N2O2. The van der Waals surface area contributed by atoms with Gasteiger partial charge in [0.1, 0.15) is 0 Å². The van der Waals surface area contributed by atoms with E-state index in [-0.39, 0.29) is 11.5 Å². The van der Waals surface area contributed by atoms with Crippen molar-refractivity contribution in [1.82, 2.24) is 9.88 Å². The van der Waals surface area contributed by atoms with Crippen LogP contribution in [-0.2, 0) is 0 Å². The molecule has 1 N–H and O–H groups in total. The Hall–Kier alpha value is -1.58. The van der Waals surface area contributed by atoms with Gasteiger partial charge < -0.3 is 10.0 Å². The third-order valence-electron chi connectivity index (χ3n) is 4.03. The van der Waals surface area contributed by atoms with Crippen molar-refractivity contribution in [2.24, 2.45) is 5.41 Å². The van der Waals surface area contributed by atoms with Crippen LogP contribution in [0.3, 0.4) is 0 Å². The van der Waals surface area contributed by atoms with Crippen LogP contribution in [0.2, 0.25) is 0 Å². The highest BCUT2D eigenvalue weighted by Crippen LogP contribution is 2.38. The minimum Gasteiger partial charge on any atom is -0.465 e. The zero-order chi connectivity index (χ0) is 14.0. The van der Waals surface area contributed by atoms with Gasteiger partial charge in [-0.1, -0.05) is 20.8 Å². The third-order valence-corrected chi connectivity index (χ3v) is 4.03. The largest absolute Gasteiger partial charge is 0.465 e. The number of likely N-dealkylation sites (tertiary alicyclic amines) is 1. The minimum atomic E-state index is -0.798. The lowest BCUT2D eigenvalue weighted by Crippen LogP contribution is -2.51. The van der Waals surface area contributed by atoms with E-state index in [1.807, 2.05) is 24.5 Å². The molecule has 0 bridgehead atoms.